The van der Waals surface area contributed by atoms with Gasteiger partial charge in [0.2, 0.25) is 0 Å². The van der Waals surface area contributed by atoms with Crippen molar-refractivity contribution in [2.75, 3.05) is 25.4 Å². The van der Waals surface area contributed by atoms with Crippen molar-refractivity contribution in [1.82, 2.24) is 9.88 Å². The van der Waals surface area contributed by atoms with Crippen molar-refractivity contribution in [3.05, 3.63) is 48.5 Å². The van der Waals surface area contributed by atoms with Crippen molar-refractivity contribution < 1.29 is 0 Å². The summed E-state index contributed by atoms with van der Waals surface area (Å²) < 4.78 is 0. The van der Waals surface area contributed by atoms with E-state index in [1.807, 2.05) is 11.8 Å². The molecule has 0 fully saturated rings. The van der Waals surface area contributed by atoms with Gasteiger partial charge in [-0.25, -0.2) is 4.98 Å². The predicted molar refractivity (Wildman–Crippen MR) is 97.8 cm³/mol. The highest BCUT2D eigenvalue weighted by Gasteiger charge is 2.09. The Hall–Kier alpha value is -1.58. The molecule has 3 heteroatoms. The second kappa shape index (κ2) is 7.12. The molecule has 0 spiro atoms. The van der Waals surface area contributed by atoms with E-state index >= 15 is 0 Å². The van der Waals surface area contributed by atoms with Gasteiger partial charge in [0, 0.05) is 28.0 Å². The first kappa shape index (κ1) is 15.3. The molecule has 2 nitrogen and oxygen atoms in total. The Balaban J connectivity index is 1.97. The quantitative estimate of drug-likeness (QED) is 0.479. The van der Waals surface area contributed by atoms with E-state index in [4.69, 9.17) is 4.98 Å². The SMILES string of the molecule is CCN(CC)CCSc1c2ccccc2nc2ccccc12. The van der Waals surface area contributed by atoms with E-state index in [2.05, 4.69) is 67.3 Å². The van der Waals surface area contributed by atoms with E-state index in [1.165, 1.54) is 15.7 Å². The molecule has 3 rings (SSSR count). The normalized spacial score (nSPS) is 11.6. The zero-order valence-electron chi connectivity index (χ0n) is 13.2. The third-order valence-corrected chi connectivity index (χ3v) is 5.20. The van der Waals surface area contributed by atoms with Gasteiger partial charge in [-0.2, -0.15) is 0 Å². The van der Waals surface area contributed by atoms with Crippen LogP contribution in [0.4, 0.5) is 0 Å². The van der Waals surface area contributed by atoms with Gasteiger partial charge in [-0.1, -0.05) is 50.2 Å². The summed E-state index contributed by atoms with van der Waals surface area (Å²) in [7, 11) is 0. The topological polar surface area (TPSA) is 16.1 Å². The van der Waals surface area contributed by atoms with E-state index in [1.54, 1.807) is 0 Å². The van der Waals surface area contributed by atoms with Crippen LogP contribution in [-0.4, -0.2) is 35.3 Å². The molecule has 1 aromatic heterocycles. The Labute approximate surface area is 136 Å². The molecule has 2 aromatic carbocycles. The van der Waals surface area contributed by atoms with E-state index in [0.29, 0.717) is 0 Å². The number of rotatable bonds is 6. The zero-order valence-corrected chi connectivity index (χ0v) is 14.1. The number of para-hydroxylation sites is 2. The average Bonchev–Trinajstić information content (AvgIpc) is 2.58. The molecule has 0 saturated heterocycles. The van der Waals surface area contributed by atoms with Gasteiger partial charge >= 0.3 is 0 Å². The number of fused-ring (bicyclic) bond motifs is 2. The summed E-state index contributed by atoms with van der Waals surface area (Å²) in [5.41, 5.74) is 2.18. The van der Waals surface area contributed by atoms with Crippen LogP contribution < -0.4 is 0 Å². The Morgan fingerprint density at radius 1 is 0.864 bits per heavy atom. The van der Waals surface area contributed by atoms with Crippen molar-refractivity contribution >= 4 is 33.6 Å². The molecule has 3 aromatic rings. The third kappa shape index (κ3) is 3.11. The Morgan fingerprint density at radius 2 is 1.41 bits per heavy atom. The lowest BCUT2D eigenvalue weighted by Gasteiger charge is -2.18. The van der Waals surface area contributed by atoms with Gasteiger partial charge in [-0.3, -0.25) is 0 Å². The smallest absolute Gasteiger partial charge is 0.0721 e. The van der Waals surface area contributed by atoms with Gasteiger partial charge in [0.15, 0.2) is 0 Å². The first-order valence-electron chi connectivity index (χ1n) is 7.96. The minimum atomic E-state index is 1.09. The maximum absolute atomic E-state index is 4.79. The Bertz CT molecular complexity index is 712. The number of pyridine rings is 1. The fraction of sp³-hybridized carbons (Fsp3) is 0.316. The molecule has 0 N–H and O–H groups in total. The lowest BCUT2D eigenvalue weighted by atomic mass is 10.1. The molecule has 0 bridgehead atoms. The molecule has 0 amide bonds. The van der Waals surface area contributed by atoms with E-state index in [-0.39, 0.29) is 0 Å². The molecule has 0 radical (unpaired) electrons. The van der Waals surface area contributed by atoms with Crippen LogP contribution in [0.25, 0.3) is 21.8 Å². The van der Waals surface area contributed by atoms with Crippen molar-refractivity contribution in [3.63, 3.8) is 0 Å². The summed E-state index contributed by atoms with van der Waals surface area (Å²) in [6, 6.07) is 16.9. The van der Waals surface area contributed by atoms with Crippen LogP contribution in [-0.2, 0) is 0 Å². The predicted octanol–water partition coefficient (Wildman–Crippen LogP) is 4.82. The maximum Gasteiger partial charge on any atom is 0.0721 e. The third-order valence-electron chi connectivity index (χ3n) is 4.09. The van der Waals surface area contributed by atoms with Gasteiger partial charge in [0.25, 0.3) is 0 Å². The highest BCUT2D eigenvalue weighted by molar-refractivity contribution is 7.99. The summed E-state index contributed by atoms with van der Waals surface area (Å²) in [5, 5.41) is 2.54. The largest absolute Gasteiger partial charge is 0.303 e. The van der Waals surface area contributed by atoms with Crippen LogP contribution in [0.5, 0.6) is 0 Å². The average molecular weight is 310 g/mol. The second-order valence-corrected chi connectivity index (χ2v) is 6.46. The first-order chi connectivity index (χ1) is 10.8. The molecule has 0 aliphatic carbocycles. The van der Waals surface area contributed by atoms with Crippen molar-refractivity contribution in [2.24, 2.45) is 0 Å². The van der Waals surface area contributed by atoms with E-state index < -0.39 is 0 Å². The molecule has 0 saturated carbocycles. The van der Waals surface area contributed by atoms with Crippen LogP contribution in [0, 0.1) is 0 Å². The number of nitrogens with zero attached hydrogens (tertiary/aromatic N) is 2. The number of aromatic nitrogens is 1. The maximum atomic E-state index is 4.79. The molecule has 1 heterocycles. The summed E-state index contributed by atoms with van der Waals surface area (Å²) in [5.74, 6) is 1.11. The monoisotopic (exact) mass is 310 g/mol. The summed E-state index contributed by atoms with van der Waals surface area (Å²) in [4.78, 5) is 8.63. The van der Waals surface area contributed by atoms with Crippen LogP contribution in [0.3, 0.4) is 0 Å². The van der Waals surface area contributed by atoms with Crippen LogP contribution in [0.2, 0.25) is 0 Å². The van der Waals surface area contributed by atoms with Gasteiger partial charge in [-0.05, 0) is 25.2 Å². The van der Waals surface area contributed by atoms with Crippen LogP contribution in [0.15, 0.2) is 53.4 Å². The molecule has 0 aliphatic heterocycles. The first-order valence-corrected chi connectivity index (χ1v) is 8.94. The van der Waals surface area contributed by atoms with Crippen LogP contribution in [0.1, 0.15) is 13.8 Å². The van der Waals surface area contributed by atoms with Crippen molar-refractivity contribution in [1.29, 1.82) is 0 Å². The minimum absolute atomic E-state index is 1.09. The number of benzene rings is 2. The van der Waals surface area contributed by atoms with Crippen molar-refractivity contribution in [2.45, 2.75) is 18.7 Å². The lowest BCUT2D eigenvalue weighted by Crippen LogP contribution is -2.25. The molecule has 114 valence electrons. The summed E-state index contributed by atoms with van der Waals surface area (Å²) >= 11 is 1.96. The minimum Gasteiger partial charge on any atom is -0.303 e. The number of thioether (sulfide) groups is 1. The molecule has 22 heavy (non-hydrogen) atoms. The van der Waals surface area contributed by atoms with Gasteiger partial charge in [0.05, 0.1) is 11.0 Å². The van der Waals surface area contributed by atoms with Gasteiger partial charge < -0.3 is 4.90 Å². The number of hydrogen-bond acceptors (Lipinski definition) is 3. The highest BCUT2D eigenvalue weighted by Crippen LogP contribution is 2.33. The van der Waals surface area contributed by atoms with E-state index in [9.17, 15) is 0 Å². The van der Waals surface area contributed by atoms with Crippen LogP contribution >= 0.6 is 11.8 Å². The fourth-order valence-electron chi connectivity index (χ4n) is 2.77. The molecule has 0 aliphatic rings. The molecule has 0 unspecified atom stereocenters. The van der Waals surface area contributed by atoms with Gasteiger partial charge in [0.1, 0.15) is 0 Å². The van der Waals surface area contributed by atoms with Crippen molar-refractivity contribution in [3.8, 4) is 0 Å². The zero-order chi connectivity index (χ0) is 15.4. The Kier molecular flexibility index (Phi) is 4.96. The lowest BCUT2D eigenvalue weighted by molar-refractivity contribution is 0.324. The second-order valence-electron chi connectivity index (χ2n) is 5.35. The molecular formula is C19H22N2S. The molecule has 0 atom stereocenters. The fourth-order valence-corrected chi connectivity index (χ4v) is 3.98. The highest BCUT2D eigenvalue weighted by atomic mass is 32.2. The summed E-state index contributed by atoms with van der Waals surface area (Å²) in [6.07, 6.45) is 0. The van der Waals surface area contributed by atoms with Gasteiger partial charge in [-0.15, -0.1) is 11.8 Å². The molecular weight excluding hydrogens is 288 g/mol. The Morgan fingerprint density at radius 3 is 1.95 bits per heavy atom. The number of hydrogen-bond donors (Lipinski definition) is 0. The summed E-state index contributed by atoms with van der Waals surface area (Å²) in [6.45, 7) is 7.82. The standard InChI is InChI=1S/C19H22N2S/c1-3-21(4-2)13-14-22-19-15-9-5-7-11-17(15)20-18-12-8-6-10-16(18)19/h5-12H,3-4,13-14H2,1-2H3. The van der Waals surface area contributed by atoms with E-state index in [0.717, 1.165) is 36.4 Å².